The fourth-order valence-corrected chi connectivity index (χ4v) is 2.54. The van der Waals surface area contributed by atoms with Crippen LogP contribution in [-0.4, -0.2) is 42.1 Å². The van der Waals surface area contributed by atoms with Crippen molar-refractivity contribution in [3.05, 3.63) is 58.2 Å². The summed E-state index contributed by atoms with van der Waals surface area (Å²) in [5.74, 6) is 0. The number of nitro groups is 1. The molecule has 1 saturated heterocycles. The molecule has 1 aromatic carbocycles. The van der Waals surface area contributed by atoms with E-state index in [0.29, 0.717) is 13.2 Å². The monoisotopic (exact) mass is 375 g/mol. The summed E-state index contributed by atoms with van der Waals surface area (Å²) in [6.07, 6.45) is 0.150. The van der Waals surface area contributed by atoms with Gasteiger partial charge >= 0.3 is 6.18 Å². The van der Waals surface area contributed by atoms with Gasteiger partial charge in [-0.05, 0) is 36.1 Å². The quantitative estimate of drug-likeness (QED) is 0.438. The largest absolute Gasteiger partial charge is 0.416 e. The fourth-order valence-electron chi connectivity index (χ4n) is 2.11. The molecule has 5 nitrogen and oxygen atoms in total. The second-order valence-corrected chi connectivity index (χ2v) is 6.30. The van der Waals surface area contributed by atoms with E-state index in [1.165, 1.54) is 12.2 Å². The van der Waals surface area contributed by atoms with Gasteiger partial charge < -0.3 is 9.47 Å². The summed E-state index contributed by atoms with van der Waals surface area (Å²) in [7, 11) is 0. The highest BCUT2D eigenvalue weighted by Crippen LogP contribution is 2.34. The molecule has 0 saturated carbocycles. The molecule has 1 heterocycles. The average Bonchev–Trinajstić information content (AvgIpc) is 2.58. The zero-order valence-electron chi connectivity index (χ0n) is 13.2. The topological polar surface area (TPSA) is 61.6 Å². The summed E-state index contributed by atoms with van der Waals surface area (Å²) >= 11 is 1.60. The lowest BCUT2D eigenvalue weighted by Crippen LogP contribution is -2.32. The molecule has 0 amide bonds. The Hall–Kier alpha value is -1.84. The van der Waals surface area contributed by atoms with E-state index in [4.69, 9.17) is 9.47 Å². The van der Waals surface area contributed by atoms with Crippen LogP contribution in [0.2, 0.25) is 0 Å². The van der Waals surface area contributed by atoms with Gasteiger partial charge in [0.2, 0.25) is 0 Å². The Kier molecular flexibility index (Phi) is 6.63. The molecule has 0 bridgehead atoms. The zero-order valence-corrected chi connectivity index (χ0v) is 14.0. The van der Waals surface area contributed by atoms with E-state index in [0.717, 1.165) is 30.3 Å². The first-order valence-electron chi connectivity index (χ1n) is 7.27. The Balaban J connectivity index is 2.13. The SMILES string of the molecule is CSC1COC(/C=C/C=C(/c2ccc([N+](=O)[O-])cc2)C(F)(F)F)OC1. The van der Waals surface area contributed by atoms with Crippen LogP contribution in [0.25, 0.3) is 5.57 Å². The van der Waals surface area contributed by atoms with Crippen molar-refractivity contribution in [2.45, 2.75) is 17.7 Å². The van der Waals surface area contributed by atoms with E-state index in [-0.39, 0.29) is 16.5 Å². The zero-order chi connectivity index (χ0) is 18.4. The van der Waals surface area contributed by atoms with Crippen LogP contribution >= 0.6 is 11.8 Å². The predicted octanol–water partition coefficient (Wildman–Crippen LogP) is 4.20. The van der Waals surface area contributed by atoms with Crippen molar-refractivity contribution < 1.29 is 27.6 Å². The van der Waals surface area contributed by atoms with E-state index >= 15 is 0 Å². The van der Waals surface area contributed by atoms with E-state index in [2.05, 4.69) is 0 Å². The maximum absolute atomic E-state index is 13.2. The lowest BCUT2D eigenvalue weighted by atomic mass is 10.0. The number of thioether (sulfide) groups is 1. The van der Waals surface area contributed by atoms with Gasteiger partial charge in [-0.15, -0.1) is 0 Å². The van der Waals surface area contributed by atoms with Crippen molar-refractivity contribution in [2.24, 2.45) is 0 Å². The number of non-ortho nitro benzene ring substituents is 1. The number of nitro benzene ring substituents is 1. The number of rotatable bonds is 5. The third-order valence-corrected chi connectivity index (χ3v) is 4.39. The Morgan fingerprint density at radius 2 is 1.88 bits per heavy atom. The molecule has 136 valence electrons. The first-order valence-corrected chi connectivity index (χ1v) is 8.56. The summed E-state index contributed by atoms with van der Waals surface area (Å²) in [5.41, 5.74) is -1.33. The van der Waals surface area contributed by atoms with Crippen LogP contribution in [0.4, 0.5) is 18.9 Å². The minimum atomic E-state index is -4.60. The van der Waals surface area contributed by atoms with Crippen LogP contribution in [0.5, 0.6) is 0 Å². The van der Waals surface area contributed by atoms with Crippen molar-refractivity contribution in [1.29, 1.82) is 0 Å². The number of allylic oxidation sites excluding steroid dienone is 3. The Bertz CT molecular complexity index is 650. The molecule has 1 fully saturated rings. The molecule has 1 aliphatic heterocycles. The molecule has 0 atom stereocenters. The molecular formula is C16H16F3NO4S. The highest BCUT2D eigenvalue weighted by molar-refractivity contribution is 7.99. The van der Waals surface area contributed by atoms with Crippen molar-refractivity contribution in [3.8, 4) is 0 Å². The van der Waals surface area contributed by atoms with Crippen LogP contribution in [0.15, 0.2) is 42.5 Å². The molecule has 9 heteroatoms. The summed E-state index contributed by atoms with van der Waals surface area (Å²) < 4.78 is 50.4. The second-order valence-electron chi connectivity index (χ2n) is 5.16. The normalized spacial score (nSPS) is 22.3. The molecule has 25 heavy (non-hydrogen) atoms. The van der Waals surface area contributed by atoms with Crippen LogP contribution < -0.4 is 0 Å². The highest BCUT2D eigenvalue weighted by Gasteiger charge is 2.34. The molecule has 1 aliphatic rings. The van der Waals surface area contributed by atoms with Crippen molar-refractivity contribution in [1.82, 2.24) is 0 Å². The molecule has 0 spiro atoms. The number of hydrogen-bond donors (Lipinski definition) is 0. The van der Waals surface area contributed by atoms with Gasteiger partial charge in [0.05, 0.1) is 29.0 Å². The standard InChI is InChI=1S/C16H16F3NO4S/c1-25-13-9-23-15(24-10-13)4-2-3-14(16(17,18)19)11-5-7-12(8-6-11)20(21)22/h2-8,13,15H,9-10H2,1H3/b4-2+,14-3-. The highest BCUT2D eigenvalue weighted by atomic mass is 32.2. The molecule has 0 radical (unpaired) electrons. The van der Waals surface area contributed by atoms with E-state index in [1.807, 2.05) is 6.26 Å². The van der Waals surface area contributed by atoms with Crippen LogP contribution in [0.1, 0.15) is 5.56 Å². The Labute approximate surface area is 146 Å². The van der Waals surface area contributed by atoms with E-state index < -0.39 is 23.0 Å². The van der Waals surface area contributed by atoms with Crippen LogP contribution in [-0.2, 0) is 9.47 Å². The van der Waals surface area contributed by atoms with Crippen molar-refractivity contribution >= 4 is 23.0 Å². The molecule has 0 N–H and O–H groups in total. The first kappa shape index (κ1) is 19.5. The minimum absolute atomic E-state index is 0.157. The molecular weight excluding hydrogens is 359 g/mol. The summed E-state index contributed by atoms with van der Waals surface area (Å²) in [6, 6.07) is 4.22. The molecule has 2 rings (SSSR count). The van der Waals surface area contributed by atoms with Gasteiger partial charge in [0.25, 0.3) is 5.69 Å². The second kappa shape index (κ2) is 8.50. The number of benzene rings is 1. The van der Waals surface area contributed by atoms with Gasteiger partial charge in [0.1, 0.15) is 0 Å². The van der Waals surface area contributed by atoms with Gasteiger partial charge in [-0.1, -0.05) is 6.08 Å². The van der Waals surface area contributed by atoms with Gasteiger partial charge in [0.15, 0.2) is 6.29 Å². The van der Waals surface area contributed by atoms with Crippen molar-refractivity contribution in [2.75, 3.05) is 19.5 Å². The van der Waals surface area contributed by atoms with E-state index in [1.54, 1.807) is 11.8 Å². The van der Waals surface area contributed by atoms with Gasteiger partial charge in [0, 0.05) is 12.1 Å². The molecule has 1 aromatic rings. The summed E-state index contributed by atoms with van der Waals surface area (Å²) in [6.45, 7) is 0.933. The molecule has 0 aliphatic carbocycles. The Morgan fingerprint density at radius 1 is 1.28 bits per heavy atom. The number of halogens is 3. The summed E-state index contributed by atoms with van der Waals surface area (Å²) in [5, 5.41) is 10.8. The third kappa shape index (κ3) is 5.58. The van der Waals surface area contributed by atoms with Gasteiger partial charge in [-0.25, -0.2) is 0 Å². The number of alkyl halides is 3. The molecule has 0 unspecified atom stereocenters. The fraction of sp³-hybridized carbons (Fsp3) is 0.375. The molecule has 0 aromatic heterocycles. The minimum Gasteiger partial charge on any atom is -0.348 e. The third-order valence-electron chi connectivity index (χ3n) is 3.45. The lowest BCUT2D eigenvalue weighted by Gasteiger charge is -2.26. The smallest absolute Gasteiger partial charge is 0.348 e. The first-order chi connectivity index (χ1) is 11.8. The lowest BCUT2D eigenvalue weighted by molar-refractivity contribution is -0.384. The average molecular weight is 375 g/mol. The predicted molar refractivity (Wildman–Crippen MR) is 89.3 cm³/mol. The van der Waals surface area contributed by atoms with Crippen LogP contribution in [0, 0.1) is 10.1 Å². The number of ether oxygens (including phenoxy) is 2. The summed E-state index contributed by atoms with van der Waals surface area (Å²) in [4.78, 5) is 9.93. The Morgan fingerprint density at radius 3 is 2.36 bits per heavy atom. The maximum atomic E-state index is 13.2. The van der Waals surface area contributed by atoms with Crippen molar-refractivity contribution in [3.63, 3.8) is 0 Å². The number of hydrogen-bond acceptors (Lipinski definition) is 5. The van der Waals surface area contributed by atoms with Crippen LogP contribution in [0.3, 0.4) is 0 Å². The van der Waals surface area contributed by atoms with E-state index in [9.17, 15) is 23.3 Å². The number of nitrogens with zero attached hydrogens (tertiary/aromatic N) is 1. The maximum Gasteiger partial charge on any atom is 0.416 e. The van der Waals surface area contributed by atoms with Gasteiger partial charge in [-0.3, -0.25) is 10.1 Å². The van der Waals surface area contributed by atoms with Gasteiger partial charge in [-0.2, -0.15) is 24.9 Å².